The molecule has 3 fully saturated rings. The molecule has 5 heteroatoms. The molecule has 27 heavy (non-hydrogen) atoms. The fourth-order valence-electron chi connectivity index (χ4n) is 4.95. The van der Waals surface area contributed by atoms with Crippen LogP contribution in [-0.2, 0) is 4.79 Å². The molecule has 3 aliphatic rings. The van der Waals surface area contributed by atoms with Gasteiger partial charge >= 0.3 is 0 Å². The van der Waals surface area contributed by atoms with Crippen LogP contribution in [0.25, 0.3) is 10.9 Å². The number of benzene rings is 1. The number of rotatable bonds is 3. The SMILES string of the molecule is COc1cccc2ccc(N3CCC[C@]4(CCC(=O)N(C5CC5)C4)C3)nc12. The highest BCUT2D eigenvalue weighted by Gasteiger charge is 2.45. The van der Waals surface area contributed by atoms with E-state index in [0.717, 1.165) is 48.5 Å². The summed E-state index contributed by atoms with van der Waals surface area (Å²) in [4.78, 5) is 21.9. The second-order valence-electron chi connectivity index (χ2n) is 8.48. The monoisotopic (exact) mass is 365 g/mol. The number of para-hydroxylation sites is 1. The number of nitrogens with zero attached hydrogens (tertiary/aromatic N) is 3. The van der Waals surface area contributed by atoms with Gasteiger partial charge in [-0.25, -0.2) is 4.98 Å². The first-order valence-electron chi connectivity index (χ1n) is 10.2. The molecule has 1 amide bonds. The molecule has 3 heterocycles. The first kappa shape index (κ1) is 16.8. The summed E-state index contributed by atoms with van der Waals surface area (Å²) in [5, 5.41) is 1.10. The number of anilines is 1. The van der Waals surface area contributed by atoms with E-state index in [1.165, 1.54) is 25.7 Å². The third kappa shape index (κ3) is 3.03. The van der Waals surface area contributed by atoms with Gasteiger partial charge < -0.3 is 14.5 Å². The summed E-state index contributed by atoms with van der Waals surface area (Å²) in [7, 11) is 1.70. The highest BCUT2D eigenvalue weighted by molar-refractivity contribution is 5.86. The Morgan fingerprint density at radius 2 is 2.04 bits per heavy atom. The largest absolute Gasteiger partial charge is 0.494 e. The molecule has 2 aromatic rings. The summed E-state index contributed by atoms with van der Waals surface area (Å²) in [6, 6.07) is 10.8. The zero-order valence-electron chi connectivity index (χ0n) is 16.0. The first-order chi connectivity index (χ1) is 13.2. The van der Waals surface area contributed by atoms with Crippen LogP contribution in [0.15, 0.2) is 30.3 Å². The zero-order chi connectivity index (χ0) is 18.4. The van der Waals surface area contributed by atoms with Crippen LogP contribution in [0.4, 0.5) is 5.82 Å². The number of hydrogen-bond donors (Lipinski definition) is 0. The molecule has 5 rings (SSSR count). The van der Waals surface area contributed by atoms with Crippen LogP contribution in [0, 0.1) is 5.41 Å². The van der Waals surface area contributed by atoms with E-state index in [4.69, 9.17) is 9.72 Å². The van der Waals surface area contributed by atoms with Gasteiger partial charge in [-0.3, -0.25) is 4.79 Å². The molecular formula is C22H27N3O2. The number of pyridine rings is 1. The molecule has 0 unspecified atom stereocenters. The van der Waals surface area contributed by atoms with Crippen molar-refractivity contribution in [3.63, 3.8) is 0 Å². The minimum absolute atomic E-state index is 0.228. The Bertz CT molecular complexity index is 879. The summed E-state index contributed by atoms with van der Waals surface area (Å²) < 4.78 is 5.51. The van der Waals surface area contributed by atoms with Crippen LogP contribution in [0.5, 0.6) is 5.75 Å². The van der Waals surface area contributed by atoms with Crippen LogP contribution in [0.3, 0.4) is 0 Å². The molecule has 2 aliphatic heterocycles. The maximum Gasteiger partial charge on any atom is 0.222 e. The van der Waals surface area contributed by atoms with Gasteiger partial charge in [-0.15, -0.1) is 0 Å². The maximum absolute atomic E-state index is 12.4. The minimum atomic E-state index is 0.228. The predicted molar refractivity (Wildman–Crippen MR) is 106 cm³/mol. The van der Waals surface area contributed by atoms with Crippen molar-refractivity contribution in [2.75, 3.05) is 31.6 Å². The number of amides is 1. The number of hydrogen-bond acceptors (Lipinski definition) is 4. The molecule has 0 radical (unpaired) electrons. The average Bonchev–Trinajstić information content (AvgIpc) is 3.54. The van der Waals surface area contributed by atoms with Crippen LogP contribution in [-0.4, -0.2) is 48.6 Å². The fraction of sp³-hybridized carbons (Fsp3) is 0.545. The van der Waals surface area contributed by atoms with Crippen molar-refractivity contribution in [2.45, 2.75) is 44.6 Å². The Morgan fingerprint density at radius 1 is 1.15 bits per heavy atom. The standard InChI is InChI=1S/C22H27N3O2/c1-27-18-5-2-4-16-6-9-19(23-21(16)18)24-13-3-11-22(14-24)12-10-20(26)25(15-22)17-7-8-17/h2,4-6,9,17H,3,7-8,10-15H2,1H3/t22-/m0/s1. The lowest BCUT2D eigenvalue weighted by Crippen LogP contribution is -2.54. The molecule has 1 aromatic carbocycles. The molecule has 1 saturated carbocycles. The van der Waals surface area contributed by atoms with Crippen LogP contribution < -0.4 is 9.64 Å². The number of piperidine rings is 2. The summed E-state index contributed by atoms with van der Waals surface area (Å²) >= 11 is 0. The molecule has 1 aliphatic carbocycles. The van der Waals surface area contributed by atoms with Gasteiger partial charge in [0, 0.05) is 42.9 Å². The van der Waals surface area contributed by atoms with Crippen LogP contribution >= 0.6 is 0 Å². The average molecular weight is 365 g/mol. The van der Waals surface area contributed by atoms with Crippen LogP contribution in [0.2, 0.25) is 0 Å². The van der Waals surface area contributed by atoms with E-state index in [-0.39, 0.29) is 5.41 Å². The Morgan fingerprint density at radius 3 is 2.85 bits per heavy atom. The van der Waals surface area contributed by atoms with E-state index in [0.29, 0.717) is 18.4 Å². The maximum atomic E-state index is 12.4. The number of fused-ring (bicyclic) bond motifs is 1. The van der Waals surface area contributed by atoms with Crippen molar-refractivity contribution in [3.8, 4) is 5.75 Å². The molecule has 5 nitrogen and oxygen atoms in total. The molecule has 2 saturated heterocycles. The highest BCUT2D eigenvalue weighted by Crippen LogP contribution is 2.43. The molecule has 1 aromatic heterocycles. The second-order valence-corrected chi connectivity index (χ2v) is 8.48. The van der Waals surface area contributed by atoms with E-state index in [9.17, 15) is 4.79 Å². The van der Waals surface area contributed by atoms with E-state index in [1.54, 1.807) is 7.11 Å². The molecule has 0 bridgehead atoms. The van der Waals surface area contributed by atoms with Gasteiger partial charge in [0.1, 0.15) is 17.1 Å². The van der Waals surface area contributed by atoms with E-state index in [2.05, 4.69) is 28.0 Å². The predicted octanol–water partition coefficient (Wildman–Crippen LogP) is 3.61. The smallest absolute Gasteiger partial charge is 0.222 e. The number of carbonyl (C=O) groups excluding carboxylic acids is 1. The van der Waals surface area contributed by atoms with Crippen molar-refractivity contribution in [3.05, 3.63) is 30.3 Å². The van der Waals surface area contributed by atoms with E-state index < -0.39 is 0 Å². The number of likely N-dealkylation sites (tertiary alicyclic amines) is 1. The van der Waals surface area contributed by atoms with Crippen molar-refractivity contribution in [1.29, 1.82) is 0 Å². The summed E-state index contributed by atoms with van der Waals surface area (Å²) in [6.07, 6.45) is 6.50. The first-order valence-corrected chi connectivity index (χ1v) is 10.2. The van der Waals surface area contributed by atoms with Gasteiger partial charge in [-0.05, 0) is 50.3 Å². The van der Waals surface area contributed by atoms with Crippen LogP contribution in [0.1, 0.15) is 38.5 Å². The van der Waals surface area contributed by atoms with Gasteiger partial charge in [-0.2, -0.15) is 0 Å². The Hall–Kier alpha value is -2.30. The molecule has 142 valence electrons. The van der Waals surface area contributed by atoms with Gasteiger partial charge in [-0.1, -0.05) is 12.1 Å². The second kappa shape index (κ2) is 6.39. The molecular weight excluding hydrogens is 338 g/mol. The van der Waals surface area contributed by atoms with Crippen molar-refractivity contribution < 1.29 is 9.53 Å². The number of methoxy groups -OCH3 is 1. The number of carbonyl (C=O) groups is 1. The normalized spacial score (nSPS) is 26.0. The van der Waals surface area contributed by atoms with Crippen molar-refractivity contribution >= 4 is 22.6 Å². The minimum Gasteiger partial charge on any atom is -0.494 e. The van der Waals surface area contributed by atoms with Gasteiger partial charge in [0.2, 0.25) is 5.91 Å². The van der Waals surface area contributed by atoms with Gasteiger partial charge in [0.15, 0.2) is 0 Å². The Kier molecular flexibility index (Phi) is 3.99. The van der Waals surface area contributed by atoms with Crippen molar-refractivity contribution in [1.82, 2.24) is 9.88 Å². The quantitative estimate of drug-likeness (QED) is 0.833. The third-order valence-corrected chi connectivity index (χ3v) is 6.56. The van der Waals surface area contributed by atoms with Gasteiger partial charge in [0.05, 0.1) is 7.11 Å². The lowest BCUT2D eigenvalue weighted by molar-refractivity contribution is -0.138. The zero-order valence-corrected chi connectivity index (χ0v) is 16.0. The highest BCUT2D eigenvalue weighted by atomic mass is 16.5. The lowest BCUT2D eigenvalue weighted by Gasteiger charge is -2.48. The third-order valence-electron chi connectivity index (χ3n) is 6.56. The fourth-order valence-corrected chi connectivity index (χ4v) is 4.95. The Labute approximate surface area is 160 Å². The van der Waals surface area contributed by atoms with E-state index >= 15 is 0 Å². The summed E-state index contributed by atoms with van der Waals surface area (Å²) in [6.45, 7) is 2.97. The lowest BCUT2D eigenvalue weighted by atomic mass is 9.73. The summed E-state index contributed by atoms with van der Waals surface area (Å²) in [5.74, 6) is 2.22. The molecule has 1 atom stereocenters. The number of ether oxygens (including phenoxy) is 1. The topological polar surface area (TPSA) is 45.7 Å². The van der Waals surface area contributed by atoms with Crippen molar-refractivity contribution in [2.24, 2.45) is 5.41 Å². The summed E-state index contributed by atoms with van der Waals surface area (Å²) in [5.41, 5.74) is 1.15. The Balaban J connectivity index is 1.42. The van der Waals surface area contributed by atoms with E-state index in [1.807, 2.05) is 12.1 Å². The number of aromatic nitrogens is 1. The molecule has 0 N–H and O–H groups in total. The molecule has 1 spiro atoms. The van der Waals surface area contributed by atoms with Gasteiger partial charge in [0.25, 0.3) is 0 Å².